The lowest BCUT2D eigenvalue weighted by Crippen LogP contribution is -2.29. The van der Waals surface area contributed by atoms with E-state index in [-0.39, 0.29) is 11.2 Å². The molecule has 0 bridgehead atoms. The summed E-state index contributed by atoms with van der Waals surface area (Å²) in [5, 5.41) is 9.58. The van der Waals surface area contributed by atoms with Crippen LogP contribution in [0.3, 0.4) is 0 Å². The number of H-pyrrole nitrogens is 1. The van der Waals surface area contributed by atoms with E-state index in [9.17, 15) is 4.79 Å². The predicted octanol–water partition coefficient (Wildman–Crippen LogP) is 2.06. The Hall–Kier alpha value is -1.75. The van der Waals surface area contributed by atoms with Crippen molar-refractivity contribution >= 4 is 17.7 Å². The Balaban J connectivity index is 1.71. The predicted molar refractivity (Wildman–Crippen MR) is 75.8 cm³/mol. The highest BCUT2D eigenvalue weighted by Crippen LogP contribution is 2.36. The van der Waals surface area contributed by atoms with Gasteiger partial charge in [-0.1, -0.05) is 24.3 Å². The Bertz CT molecular complexity index is 568. The number of aromatic nitrogens is 2. The lowest BCUT2D eigenvalue weighted by Gasteiger charge is -2.24. The summed E-state index contributed by atoms with van der Waals surface area (Å²) in [6.07, 6.45) is 2.73. The van der Waals surface area contributed by atoms with Crippen LogP contribution in [0.25, 0.3) is 0 Å². The van der Waals surface area contributed by atoms with E-state index in [1.54, 1.807) is 18.0 Å². The molecule has 0 spiro atoms. The quantitative estimate of drug-likeness (QED) is 0.900. The first kappa shape index (κ1) is 12.3. The number of fused-ring (bicyclic) bond motifs is 1. The molecular weight excluding hydrogens is 258 g/mol. The van der Waals surface area contributed by atoms with Gasteiger partial charge in [0.25, 0.3) is 0 Å². The highest BCUT2D eigenvalue weighted by atomic mass is 32.2. The average Bonchev–Trinajstić information content (AvgIpc) is 2.97. The summed E-state index contributed by atoms with van der Waals surface area (Å²) in [7, 11) is 0. The van der Waals surface area contributed by atoms with Gasteiger partial charge in [-0.25, -0.2) is 0 Å². The number of thioether (sulfide) groups is 1. The van der Waals surface area contributed by atoms with E-state index in [4.69, 9.17) is 0 Å². The molecule has 4 nitrogen and oxygen atoms in total. The SMILES string of the molecule is O=C(NCc1ccn[nH]1)C1SCCc2ccccc21. The molecule has 2 aromatic rings. The van der Waals surface area contributed by atoms with Gasteiger partial charge < -0.3 is 5.32 Å². The van der Waals surface area contributed by atoms with Gasteiger partial charge in [-0.05, 0) is 29.4 Å². The minimum absolute atomic E-state index is 0.0757. The molecule has 0 saturated heterocycles. The summed E-state index contributed by atoms with van der Waals surface area (Å²) >= 11 is 1.71. The molecule has 0 aliphatic carbocycles. The van der Waals surface area contributed by atoms with Gasteiger partial charge in [0.2, 0.25) is 5.91 Å². The van der Waals surface area contributed by atoms with Crippen molar-refractivity contribution in [1.82, 2.24) is 15.5 Å². The highest BCUT2D eigenvalue weighted by molar-refractivity contribution is 8.00. The fourth-order valence-electron chi connectivity index (χ4n) is 2.27. The van der Waals surface area contributed by atoms with Crippen LogP contribution in [0.4, 0.5) is 0 Å². The first-order valence-electron chi connectivity index (χ1n) is 6.30. The van der Waals surface area contributed by atoms with Gasteiger partial charge in [0.15, 0.2) is 0 Å². The highest BCUT2D eigenvalue weighted by Gasteiger charge is 2.26. The van der Waals surface area contributed by atoms with Crippen LogP contribution in [-0.2, 0) is 17.8 Å². The number of benzene rings is 1. The van der Waals surface area contributed by atoms with E-state index < -0.39 is 0 Å². The lowest BCUT2D eigenvalue weighted by atomic mass is 10.0. The summed E-state index contributed by atoms with van der Waals surface area (Å²) in [4.78, 5) is 12.3. The molecule has 2 heterocycles. The minimum Gasteiger partial charge on any atom is -0.349 e. The fourth-order valence-corrected chi connectivity index (χ4v) is 3.49. The van der Waals surface area contributed by atoms with Gasteiger partial charge >= 0.3 is 0 Å². The number of amides is 1. The standard InChI is InChI=1S/C14H15N3OS/c18-14(15-9-11-5-7-16-17-11)13-12-4-2-1-3-10(12)6-8-19-13/h1-5,7,13H,6,8-9H2,(H,15,18)(H,16,17). The monoisotopic (exact) mass is 273 g/mol. The number of hydrogen-bond acceptors (Lipinski definition) is 3. The second kappa shape index (κ2) is 5.48. The van der Waals surface area contributed by atoms with Gasteiger partial charge in [0.05, 0.1) is 12.2 Å². The Morgan fingerprint density at radius 1 is 1.42 bits per heavy atom. The van der Waals surface area contributed by atoms with Gasteiger partial charge in [0.1, 0.15) is 5.25 Å². The molecule has 1 aromatic carbocycles. The number of nitrogens with zero attached hydrogens (tertiary/aromatic N) is 1. The molecule has 0 saturated carbocycles. The Labute approximate surface area is 116 Å². The van der Waals surface area contributed by atoms with E-state index in [0.717, 1.165) is 23.4 Å². The van der Waals surface area contributed by atoms with Crippen LogP contribution in [0.2, 0.25) is 0 Å². The maximum absolute atomic E-state index is 12.3. The zero-order chi connectivity index (χ0) is 13.1. The Morgan fingerprint density at radius 2 is 2.32 bits per heavy atom. The second-order valence-corrected chi connectivity index (χ2v) is 5.71. The molecule has 1 aromatic heterocycles. The molecule has 1 aliphatic heterocycles. The van der Waals surface area contributed by atoms with Crippen molar-refractivity contribution in [2.75, 3.05) is 5.75 Å². The van der Waals surface area contributed by atoms with Gasteiger partial charge in [-0.15, -0.1) is 11.8 Å². The molecule has 1 atom stereocenters. The molecule has 1 aliphatic rings. The minimum atomic E-state index is -0.0899. The number of carbonyl (C=O) groups excluding carboxylic acids is 1. The summed E-state index contributed by atoms with van der Waals surface area (Å²) < 4.78 is 0. The van der Waals surface area contributed by atoms with Crippen molar-refractivity contribution in [3.63, 3.8) is 0 Å². The van der Waals surface area contributed by atoms with E-state index in [0.29, 0.717) is 6.54 Å². The first-order valence-corrected chi connectivity index (χ1v) is 7.35. The third-order valence-corrected chi connectivity index (χ3v) is 4.48. The van der Waals surface area contributed by atoms with Gasteiger partial charge in [0, 0.05) is 6.20 Å². The number of rotatable bonds is 3. The number of aromatic amines is 1. The van der Waals surface area contributed by atoms with Crippen LogP contribution < -0.4 is 5.32 Å². The lowest BCUT2D eigenvalue weighted by molar-refractivity contribution is -0.120. The maximum atomic E-state index is 12.3. The third kappa shape index (κ3) is 2.66. The molecule has 0 radical (unpaired) electrons. The van der Waals surface area contributed by atoms with E-state index >= 15 is 0 Å². The number of hydrogen-bond donors (Lipinski definition) is 2. The van der Waals surface area contributed by atoms with Crippen LogP contribution >= 0.6 is 11.8 Å². The van der Waals surface area contributed by atoms with Crippen molar-refractivity contribution in [3.05, 3.63) is 53.3 Å². The van der Waals surface area contributed by atoms with Crippen molar-refractivity contribution in [2.45, 2.75) is 18.2 Å². The molecule has 0 fully saturated rings. The maximum Gasteiger partial charge on any atom is 0.237 e. The Morgan fingerprint density at radius 3 is 3.16 bits per heavy atom. The van der Waals surface area contributed by atoms with Crippen LogP contribution in [-0.4, -0.2) is 21.9 Å². The van der Waals surface area contributed by atoms with Crippen LogP contribution in [0, 0.1) is 0 Å². The molecule has 3 rings (SSSR count). The van der Waals surface area contributed by atoms with Gasteiger partial charge in [-0.2, -0.15) is 5.10 Å². The summed E-state index contributed by atoms with van der Waals surface area (Å²) in [5.41, 5.74) is 3.37. The van der Waals surface area contributed by atoms with E-state index in [1.165, 1.54) is 5.56 Å². The van der Waals surface area contributed by atoms with E-state index in [2.05, 4.69) is 27.6 Å². The molecular formula is C14H15N3OS. The summed E-state index contributed by atoms with van der Waals surface area (Å²) in [6.45, 7) is 0.498. The van der Waals surface area contributed by atoms with Crippen LogP contribution in [0.5, 0.6) is 0 Å². The normalized spacial score (nSPS) is 17.8. The van der Waals surface area contributed by atoms with Crippen molar-refractivity contribution in [2.24, 2.45) is 0 Å². The third-order valence-electron chi connectivity index (χ3n) is 3.24. The molecule has 5 heteroatoms. The smallest absolute Gasteiger partial charge is 0.237 e. The number of carbonyl (C=O) groups is 1. The van der Waals surface area contributed by atoms with E-state index in [1.807, 2.05) is 18.2 Å². The zero-order valence-electron chi connectivity index (χ0n) is 10.4. The molecule has 1 unspecified atom stereocenters. The van der Waals surface area contributed by atoms with Gasteiger partial charge in [-0.3, -0.25) is 9.89 Å². The largest absolute Gasteiger partial charge is 0.349 e. The number of nitrogens with one attached hydrogen (secondary N) is 2. The first-order chi connectivity index (χ1) is 9.34. The Kier molecular flexibility index (Phi) is 3.55. The molecule has 19 heavy (non-hydrogen) atoms. The fraction of sp³-hybridized carbons (Fsp3) is 0.286. The van der Waals surface area contributed by atoms with Crippen molar-refractivity contribution < 1.29 is 4.79 Å². The van der Waals surface area contributed by atoms with Crippen LogP contribution in [0.1, 0.15) is 22.1 Å². The molecule has 2 N–H and O–H groups in total. The summed E-state index contributed by atoms with van der Waals surface area (Å²) in [6, 6.07) is 10.1. The molecule has 98 valence electrons. The summed E-state index contributed by atoms with van der Waals surface area (Å²) in [5.74, 6) is 1.07. The zero-order valence-corrected chi connectivity index (χ0v) is 11.2. The topological polar surface area (TPSA) is 57.8 Å². The van der Waals surface area contributed by atoms with Crippen molar-refractivity contribution in [3.8, 4) is 0 Å². The average molecular weight is 273 g/mol. The van der Waals surface area contributed by atoms with Crippen molar-refractivity contribution in [1.29, 1.82) is 0 Å². The molecule has 1 amide bonds. The van der Waals surface area contributed by atoms with Crippen LogP contribution in [0.15, 0.2) is 36.5 Å². The second-order valence-electron chi connectivity index (χ2n) is 4.50. The number of aryl methyl sites for hydroxylation is 1.